The smallest absolute Gasteiger partial charge is 0.147 e. The second-order valence-electron chi connectivity index (χ2n) is 17.2. The molecule has 6 heteroatoms. The van der Waals surface area contributed by atoms with E-state index in [0.29, 0.717) is 0 Å². The number of hydrogen-bond acceptors (Lipinski definition) is 4. The molecule has 2 aliphatic rings. The van der Waals surface area contributed by atoms with Gasteiger partial charge in [-0.1, -0.05) is 143 Å². The summed E-state index contributed by atoms with van der Waals surface area (Å²) in [5.74, 6) is 0. The van der Waals surface area contributed by atoms with Gasteiger partial charge in [-0.15, -0.1) is 0 Å². The Morgan fingerprint density at radius 2 is 0.707 bits per heavy atom. The van der Waals surface area contributed by atoms with Crippen molar-refractivity contribution in [2.45, 2.75) is 87.2 Å². The maximum Gasteiger partial charge on any atom is 0.147 e. The number of halogens is 2. The van der Waals surface area contributed by atoms with Crippen molar-refractivity contribution >= 4 is 42.6 Å². The highest BCUT2D eigenvalue weighted by molar-refractivity contribution is 9.10. The number of benzene rings is 6. The van der Waals surface area contributed by atoms with Gasteiger partial charge < -0.3 is 18.9 Å². The fourth-order valence-electron chi connectivity index (χ4n) is 9.61. The third-order valence-corrected chi connectivity index (χ3v) is 14.7. The Kier molecular flexibility index (Phi) is 12.2. The molecular weight excluding hydrogens is 848 g/mol. The van der Waals surface area contributed by atoms with E-state index in [1.165, 1.54) is 69.8 Å². The molecular formula is C52H54Br2O4. The Hall–Kier alpha value is -3.62. The summed E-state index contributed by atoms with van der Waals surface area (Å²) in [4.78, 5) is 0. The predicted molar refractivity (Wildman–Crippen MR) is 244 cm³/mol. The second kappa shape index (κ2) is 17.2. The average Bonchev–Trinajstić information content (AvgIpc) is 3.27. The molecule has 0 aromatic heterocycles. The van der Waals surface area contributed by atoms with Crippen LogP contribution in [-0.4, -0.2) is 27.8 Å². The van der Waals surface area contributed by atoms with Gasteiger partial charge in [-0.3, -0.25) is 0 Å². The van der Waals surface area contributed by atoms with Crippen molar-refractivity contribution in [2.75, 3.05) is 27.8 Å². The molecule has 0 bridgehead atoms. The Balaban J connectivity index is 0.959. The number of methoxy groups -OCH3 is 2. The lowest BCUT2D eigenvalue weighted by Crippen LogP contribution is -2.43. The summed E-state index contributed by atoms with van der Waals surface area (Å²) < 4.78 is 26.0. The third kappa shape index (κ3) is 8.39. The molecule has 0 saturated heterocycles. The summed E-state index contributed by atoms with van der Waals surface area (Å²) in [5.41, 5.74) is 9.65. The lowest BCUT2D eigenvalue weighted by Gasteiger charge is -2.46. The molecule has 58 heavy (non-hydrogen) atoms. The van der Waals surface area contributed by atoms with Crippen molar-refractivity contribution in [3.63, 3.8) is 0 Å². The highest BCUT2D eigenvalue weighted by atomic mass is 79.9. The summed E-state index contributed by atoms with van der Waals surface area (Å²) in [5, 5.41) is 2.48. The SMILES string of the molecule is COCOC1(c2ccc(Br)cc2)CCC(OCOC)(c2ccc(-c3ccc4cc(-c5ccc(C6(C)CCC(C)(c7ccc(Br)cc7)CC6)cc5)ccc4c3)cc2)CC1. The van der Waals surface area contributed by atoms with E-state index in [0.717, 1.165) is 45.8 Å². The van der Waals surface area contributed by atoms with E-state index in [4.69, 9.17) is 18.9 Å². The van der Waals surface area contributed by atoms with Crippen LogP contribution in [0.5, 0.6) is 0 Å². The van der Waals surface area contributed by atoms with E-state index in [1.807, 2.05) is 0 Å². The van der Waals surface area contributed by atoms with Crippen molar-refractivity contribution in [3.05, 3.63) is 165 Å². The molecule has 0 atom stereocenters. The van der Waals surface area contributed by atoms with Crippen LogP contribution in [0.3, 0.4) is 0 Å². The number of hydrogen-bond donors (Lipinski definition) is 0. The number of fused-ring (bicyclic) bond motifs is 1. The van der Waals surface area contributed by atoms with Crippen LogP contribution in [-0.2, 0) is 41.0 Å². The largest absolute Gasteiger partial charge is 0.359 e. The van der Waals surface area contributed by atoms with Crippen LogP contribution in [0.25, 0.3) is 33.0 Å². The van der Waals surface area contributed by atoms with E-state index in [1.54, 1.807) is 14.2 Å². The standard InChI is InChI=1S/C52H54Br2O4/c1-49(25-27-50(2,28-26-49)44-17-21-47(53)22-18-44)43-13-9-37(10-14-43)39-5-7-42-34-40(6-8-41(42)33-39)38-11-15-45(16-12-38)51(57-35-55-3)29-31-52(32-30-51,58-36-56-4)46-19-23-48(54)24-20-46/h5-24,33-34H,25-32,35-36H2,1-4H3. The first-order valence-electron chi connectivity index (χ1n) is 20.6. The van der Waals surface area contributed by atoms with Crippen molar-refractivity contribution < 1.29 is 18.9 Å². The molecule has 8 rings (SSSR count). The van der Waals surface area contributed by atoms with Crippen LogP contribution in [0.4, 0.5) is 0 Å². The zero-order valence-electron chi connectivity index (χ0n) is 34.2. The van der Waals surface area contributed by atoms with Crippen molar-refractivity contribution in [1.82, 2.24) is 0 Å². The molecule has 0 unspecified atom stereocenters. The first-order chi connectivity index (χ1) is 28.1. The second-order valence-corrected chi connectivity index (χ2v) is 19.0. The minimum atomic E-state index is -0.474. The number of rotatable bonds is 12. The zero-order valence-corrected chi connectivity index (χ0v) is 37.3. The first-order valence-corrected chi connectivity index (χ1v) is 22.2. The molecule has 6 aromatic carbocycles. The third-order valence-electron chi connectivity index (χ3n) is 13.6. The maximum absolute atomic E-state index is 6.56. The van der Waals surface area contributed by atoms with Gasteiger partial charge in [0.2, 0.25) is 0 Å². The Bertz CT molecular complexity index is 2300. The van der Waals surface area contributed by atoms with Crippen molar-refractivity contribution in [2.24, 2.45) is 0 Å². The van der Waals surface area contributed by atoms with Gasteiger partial charge in [-0.25, -0.2) is 0 Å². The summed E-state index contributed by atoms with van der Waals surface area (Å²) in [7, 11) is 3.36. The molecule has 6 aromatic rings. The summed E-state index contributed by atoms with van der Waals surface area (Å²) in [6.45, 7) is 5.38. The Labute approximate surface area is 361 Å². The topological polar surface area (TPSA) is 36.9 Å². The zero-order chi connectivity index (χ0) is 40.4. The molecule has 2 aliphatic carbocycles. The van der Waals surface area contributed by atoms with Crippen LogP contribution in [0.15, 0.2) is 142 Å². The van der Waals surface area contributed by atoms with Gasteiger partial charge in [0.25, 0.3) is 0 Å². The maximum atomic E-state index is 6.56. The molecule has 0 heterocycles. The van der Waals surface area contributed by atoms with Crippen LogP contribution in [0.2, 0.25) is 0 Å². The van der Waals surface area contributed by atoms with Crippen LogP contribution in [0, 0.1) is 0 Å². The minimum absolute atomic E-state index is 0.199. The minimum Gasteiger partial charge on any atom is -0.359 e. The van der Waals surface area contributed by atoms with Crippen LogP contribution in [0.1, 0.15) is 87.5 Å². The van der Waals surface area contributed by atoms with E-state index >= 15 is 0 Å². The molecule has 0 radical (unpaired) electrons. The normalized spacial score (nSPS) is 24.9. The summed E-state index contributed by atoms with van der Waals surface area (Å²) in [6.07, 6.45) is 7.98. The first kappa shape index (κ1) is 41.1. The van der Waals surface area contributed by atoms with Gasteiger partial charge in [-0.05, 0) is 154 Å². The highest BCUT2D eigenvalue weighted by Crippen LogP contribution is 2.51. The van der Waals surface area contributed by atoms with E-state index in [-0.39, 0.29) is 24.4 Å². The molecule has 0 aliphatic heterocycles. The van der Waals surface area contributed by atoms with Crippen molar-refractivity contribution in [1.29, 1.82) is 0 Å². The van der Waals surface area contributed by atoms with E-state index < -0.39 is 11.2 Å². The lowest BCUT2D eigenvalue weighted by molar-refractivity contribution is -0.203. The molecule has 2 saturated carbocycles. The lowest BCUT2D eigenvalue weighted by atomic mass is 9.60. The van der Waals surface area contributed by atoms with E-state index in [2.05, 4.69) is 179 Å². The van der Waals surface area contributed by atoms with Gasteiger partial charge in [0, 0.05) is 23.2 Å². The summed E-state index contributed by atoms with van der Waals surface area (Å²) in [6, 6.07) is 49.4. The molecule has 0 spiro atoms. The van der Waals surface area contributed by atoms with Gasteiger partial charge in [-0.2, -0.15) is 0 Å². The fraction of sp³-hybridized carbons (Fsp3) is 0.346. The van der Waals surface area contributed by atoms with Crippen LogP contribution < -0.4 is 0 Å². The summed E-state index contributed by atoms with van der Waals surface area (Å²) >= 11 is 7.19. The molecule has 2 fully saturated rings. The monoisotopic (exact) mass is 900 g/mol. The van der Waals surface area contributed by atoms with Crippen LogP contribution >= 0.6 is 31.9 Å². The Morgan fingerprint density at radius 3 is 1.07 bits per heavy atom. The van der Waals surface area contributed by atoms with Gasteiger partial charge in [0.1, 0.15) is 13.6 Å². The van der Waals surface area contributed by atoms with E-state index in [9.17, 15) is 0 Å². The quantitative estimate of drug-likeness (QED) is 0.115. The Morgan fingerprint density at radius 1 is 0.397 bits per heavy atom. The van der Waals surface area contributed by atoms with Gasteiger partial charge in [0.05, 0.1) is 11.2 Å². The predicted octanol–water partition coefficient (Wildman–Crippen LogP) is 14.4. The van der Waals surface area contributed by atoms with Crippen molar-refractivity contribution in [3.8, 4) is 22.3 Å². The molecule has 0 amide bonds. The number of ether oxygens (including phenoxy) is 4. The molecule has 0 N–H and O–H groups in total. The van der Waals surface area contributed by atoms with Gasteiger partial charge in [0.15, 0.2) is 0 Å². The highest BCUT2D eigenvalue weighted by Gasteiger charge is 2.46. The molecule has 300 valence electrons. The molecule has 4 nitrogen and oxygen atoms in total. The fourth-order valence-corrected chi connectivity index (χ4v) is 10.1. The van der Waals surface area contributed by atoms with Gasteiger partial charge >= 0.3 is 0 Å². The average molecular weight is 903 g/mol.